The molecule has 46 heavy (non-hydrogen) atoms. The van der Waals surface area contributed by atoms with E-state index in [0.717, 1.165) is 72.3 Å². The second-order valence-corrected chi connectivity index (χ2v) is 39.2. The van der Waals surface area contributed by atoms with Crippen molar-refractivity contribution in [3.8, 4) is 0 Å². The van der Waals surface area contributed by atoms with Crippen molar-refractivity contribution < 1.29 is 24.7 Å². The third kappa shape index (κ3) is 13.8. The summed E-state index contributed by atoms with van der Waals surface area (Å²) in [5.41, 5.74) is 4.01. The van der Waals surface area contributed by atoms with Gasteiger partial charge in [0.25, 0.3) is 0 Å². The maximum absolute atomic E-state index is 6.04. The molecule has 0 aliphatic carbocycles. The quantitative estimate of drug-likeness (QED) is 0.0490. The molecule has 2 heterocycles. The summed E-state index contributed by atoms with van der Waals surface area (Å²) in [7, 11) is 16.8. The Labute approximate surface area is 299 Å². The third-order valence-corrected chi connectivity index (χ3v) is 8.28. The number of aryl methyl sites for hydroxylation is 2. The molecule has 0 saturated heterocycles. The summed E-state index contributed by atoms with van der Waals surface area (Å²) in [6.07, 6.45) is 4.06. The van der Waals surface area contributed by atoms with Gasteiger partial charge in [0.15, 0.2) is 0 Å². The van der Waals surface area contributed by atoms with E-state index < -0.39 is 10.8 Å². The van der Waals surface area contributed by atoms with Crippen LogP contribution in [0, 0.1) is 0 Å². The molecule has 0 unspecified atom stereocenters. The Balaban J connectivity index is 0.00000107. The first-order valence-corrected chi connectivity index (χ1v) is 32.6. The van der Waals surface area contributed by atoms with Crippen LogP contribution in [-0.4, -0.2) is 39.4 Å². The van der Waals surface area contributed by atoms with Crippen LogP contribution < -0.4 is 18.9 Å². The van der Waals surface area contributed by atoms with Crippen molar-refractivity contribution in [2.24, 2.45) is 20.5 Å². The first-order valence-electron chi connectivity index (χ1n) is 15.3. The summed E-state index contributed by atoms with van der Waals surface area (Å²) in [6.45, 7) is 15.1. The standard InChI is InChI=1S/C30H40N8OS2.4ClH.Zn/c1-5-35(27-13-9-25(10-14-27)31-33-29-37(7-3)19-23-40-29)17-21-39-22-18-36(6-2)28-15-11-26(12-16-28)32-34-30-38(8-4)20-24-41-30;;;;;/h9-16,19-20,23-24H,5-8,17-18,21-22H2,1-4H3;4*1H;/q+2;;;;;+2/p-4. The molecule has 2 aromatic heterocycles. The van der Waals surface area contributed by atoms with Gasteiger partial charge >= 0.3 is 59.8 Å². The Kier molecular flexibility index (Phi) is 17.3. The molecule has 2 aromatic carbocycles. The van der Waals surface area contributed by atoms with E-state index in [1.165, 1.54) is 0 Å². The van der Waals surface area contributed by atoms with Crippen LogP contribution in [0.25, 0.3) is 0 Å². The minimum absolute atomic E-state index is 0.669. The first kappa shape index (κ1) is 38.7. The number of halogens is 4. The number of benzene rings is 2. The van der Waals surface area contributed by atoms with Crippen LogP contribution in [0.3, 0.4) is 0 Å². The fraction of sp³-hybridized carbons (Fsp3) is 0.400. The van der Waals surface area contributed by atoms with Gasteiger partial charge in [-0.05, 0) is 109 Å². The molecular formula is C30H40Cl4N8OS2Zn. The summed E-state index contributed by atoms with van der Waals surface area (Å²) < 4.78 is 10.2. The Morgan fingerprint density at radius 3 is 1.33 bits per heavy atom. The average molecular weight is 800 g/mol. The van der Waals surface area contributed by atoms with Crippen LogP contribution in [0.15, 0.2) is 92.1 Å². The topological polar surface area (TPSA) is 72.9 Å². The third-order valence-electron chi connectivity index (χ3n) is 6.71. The van der Waals surface area contributed by atoms with Gasteiger partial charge in [0, 0.05) is 48.3 Å². The van der Waals surface area contributed by atoms with Gasteiger partial charge < -0.3 is 14.5 Å². The van der Waals surface area contributed by atoms with Crippen LogP contribution in [0.1, 0.15) is 27.7 Å². The predicted molar refractivity (Wildman–Crippen MR) is 192 cm³/mol. The van der Waals surface area contributed by atoms with E-state index in [-0.39, 0.29) is 0 Å². The van der Waals surface area contributed by atoms with Gasteiger partial charge in [0.1, 0.15) is 23.8 Å². The SMILES string of the molecule is CCN(CCOCCN(CC)c1ccc(N=Nc2scc[n+]2CC)cc1)c1ccc(N=Nc2scc[n+]2CC)cc1.[Cl][Zn-2]([Cl])([Cl])[Cl]. The van der Waals surface area contributed by atoms with Gasteiger partial charge in [-0.1, -0.05) is 0 Å². The minimum atomic E-state index is -3.36. The predicted octanol–water partition coefficient (Wildman–Crippen LogP) is 10.4. The molecule has 4 aromatic rings. The molecule has 0 radical (unpaired) electrons. The van der Waals surface area contributed by atoms with E-state index in [9.17, 15) is 0 Å². The number of hydrogen-bond donors (Lipinski definition) is 0. The fourth-order valence-corrected chi connectivity index (χ4v) is 5.77. The molecule has 0 saturated carbocycles. The fourth-order valence-electron chi connectivity index (χ4n) is 4.29. The molecule has 16 heteroatoms. The molecule has 0 aliphatic rings. The summed E-state index contributed by atoms with van der Waals surface area (Å²) in [5.74, 6) is 0. The van der Waals surface area contributed by atoms with Gasteiger partial charge in [-0.25, -0.2) is 9.13 Å². The van der Waals surface area contributed by atoms with Crippen molar-refractivity contribution in [3.63, 3.8) is 0 Å². The Morgan fingerprint density at radius 2 is 1.00 bits per heavy atom. The van der Waals surface area contributed by atoms with Crippen LogP contribution in [0.5, 0.6) is 0 Å². The molecule has 0 spiro atoms. The van der Waals surface area contributed by atoms with Crippen molar-refractivity contribution in [2.45, 2.75) is 40.8 Å². The van der Waals surface area contributed by atoms with E-state index in [2.05, 4.69) is 91.4 Å². The number of azo groups is 2. The molecule has 0 amide bonds. The first-order chi connectivity index (χ1) is 22.1. The summed E-state index contributed by atoms with van der Waals surface area (Å²) in [4.78, 5) is 4.63. The molecule has 9 nitrogen and oxygen atoms in total. The molecule has 0 aliphatic heterocycles. The zero-order valence-electron chi connectivity index (χ0n) is 26.6. The van der Waals surface area contributed by atoms with Gasteiger partial charge in [-0.15, -0.1) is 0 Å². The number of rotatable bonds is 16. The number of thiazole rings is 2. The number of nitrogens with zero attached hydrogens (tertiary/aromatic N) is 8. The second kappa shape index (κ2) is 20.6. The van der Waals surface area contributed by atoms with Crippen LogP contribution in [0.4, 0.5) is 33.0 Å². The summed E-state index contributed by atoms with van der Waals surface area (Å²) in [5, 5.41) is 23.5. The Bertz CT molecular complexity index is 1390. The molecule has 0 N–H and O–H groups in total. The van der Waals surface area contributed by atoms with Crippen molar-refractivity contribution in [1.82, 2.24) is 0 Å². The van der Waals surface area contributed by atoms with E-state index >= 15 is 0 Å². The van der Waals surface area contributed by atoms with Crippen molar-refractivity contribution in [3.05, 3.63) is 71.7 Å². The van der Waals surface area contributed by atoms with E-state index in [1.54, 1.807) is 22.7 Å². The summed E-state index contributed by atoms with van der Waals surface area (Å²) >= 11 is 3.18. The number of aromatic nitrogens is 2. The number of likely N-dealkylation sites (N-methyl/N-ethyl adjacent to an activating group) is 2. The molecule has 248 valence electrons. The molecule has 0 atom stereocenters. The zero-order chi connectivity index (χ0) is 33.4. The molecular weight excluding hydrogens is 760 g/mol. The zero-order valence-corrected chi connectivity index (χ0v) is 34.2. The molecule has 0 bridgehead atoms. The van der Waals surface area contributed by atoms with Gasteiger partial charge in [-0.3, -0.25) is 0 Å². The van der Waals surface area contributed by atoms with Crippen LogP contribution in [0.2, 0.25) is 0 Å². The van der Waals surface area contributed by atoms with Gasteiger partial charge in [0.05, 0.1) is 36.5 Å². The number of ether oxygens (including phenoxy) is 1. The average Bonchev–Trinajstić information content (AvgIpc) is 3.71. The monoisotopic (exact) mass is 796 g/mol. The van der Waals surface area contributed by atoms with Crippen molar-refractivity contribution >= 4 is 94.5 Å². The van der Waals surface area contributed by atoms with E-state index in [4.69, 9.17) is 43.5 Å². The second-order valence-electron chi connectivity index (χ2n) is 9.75. The van der Waals surface area contributed by atoms with Gasteiger partial charge in [0.2, 0.25) is 0 Å². The van der Waals surface area contributed by atoms with Crippen molar-refractivity contribution in [2.75, 3.05) is 49.2 Å². The Morgan fingerprint density at radius 1 is 0.630 bits per heavy atom. The Hall–Kier alpha value is -1.76. The van der Waals surface area contributed by atoms with Crippen LogP contribution >= 0.6 is 61.4 Å². The van der Waals surface area contributed by atoms with E-state index in [1.807, 2.05) is 47.4 Å². The van der Waals surface area contributed by atoms with E-state index in [0.29, 0.717) is 13.2 Å². The van der Waals surface area contributed by atoms with Crippen LogP contribution in [-0.2, 0) is 28.6 Å². The maximum atomic E-state index is 6.04. The molecule has 4 rings (SSSR count). The normalized spacial score (nSPS) is 11.7. The molecule has 0 fully saturated rings. The van der Waals surface area contributed by atoms with Crippen molar-refractivity contribution in [1.29, 1.82) is 0 Å². The van der Waals surface area contributed by atoms with Gasteiger partial charge in [-0.2, -0.15) is 0 Å². The number of hydrogen-bond acceptors (Lipinski definition) is 9. The summed E-state index contributed by atoms with van der Waals surface area (Å²) in [6, 6.07) is 16.5. The number of anilines is 2.